The number of amides is 1. The Morgan fingerprint density at radius 1 is 1.13 bits per heavy atom. The minimum Gasteiger partial charge on any atom is -0.490 e. The molecule has 0 saturated carbocycles. The first-order valence-electron chi connectivity index (χ1n) is 13.0. The molecule has 0 aliphatic carbocycles. The molecule has 2 aromatic heterocycles. The SMILES string of the molecule is CCOc1cc(C2c3c(oc4ccccc4c3=O)C(=O)N2c2nc(C)c(C(C)=O)s2)ccc1OCCC(C)C. The lowest BCUT2D eigenvalue weighted by Gasteiger charge is -2.23. The summed E-state index contributed by atoms with van der Waals surface area (Å²) in [5.74, 6) is 0.938. The minimum atomic E-state index is -0.831. The van der Waals surface area contributed by atoms with Gasteiger partial charge in [-0.3, -0.25) is 19.3 Å². The standard InChI is InChI=1S/C30H30N2O6S/c1-6-36-23-15-19(11-12-22(23)37-14-13-16(2)3)25-24-26(34)20-9-7-8-10-21(20)38-27(24)29(35)32(25)30-31-17(4)28(39-30)18(5)33/h7-12,15-16,25H,6,13-14H2,1-5H3. The van der Waals surface area contributed by atoms with E-state index in [1.165, 1.54) is 11.8 Å². The summed E-state index contributed by atoms with van der Waals surface area (Å²) >= 11 is 1.12. The van der Waals surface area contributed by atoms with E-state index in [9.17, 15) is 14.4 Å². The number of ketones is 1. The monoisotopic (exact) mass is 546 g/mol. The molecule has 0 N–H and O–H groups in total. The van der Waals surface area contributed by atoms with Gasteiger partial charge in [-0.15, -0.1) is 0 Å². The first-order valence-corrected chi connectivity index (χ1v) is 13.8. The zero-order valence-corrected chi connectivity index (χ0v) is 23.4. The first kappa shape index (κ1) is 26.6. The lowest BCUT2D eigenvalue weighted by molar-refractivity contribution is 0.0969. The van der Waals surface area contributed by atoms with Crippen molar-refractivity contribution in [2.75, 3.05) is 18.1 Å². The lowest BCUT2D eigenvalue weighted by atomic mass is 9.98. The number of carbonyl (C=O) groups is 2. The Labute approximate surface area is 230 Å². The summed E-state index contributed by atoms with van der Waals surface area (Å²) in [5, 5.41) is 0.701. The fraction of sp³-hybridized carbons (Fsp3) is 0.333. The van der Waals surface area contributed by atoms with Crippen molar-refractivity contribution in [2.45, 2.75) is 47.1 Å². The molecule has 4 aromatic rings. The molecule has 1 unspecified atom stereocenters. The third-order valence-corrected chi connectivity index (χ3v) is 7.88. The number of carbonyl (C=O) groups excluding carboxylic acids is 2. The number of anilines is 1. The van der Waals surface area contributed by atoms with Gasteiger partial charge < -0.3 is 13.9 Å². The van der Waals surface area contributed by atoms with Gasteiger partial charge >= 0.3 is 0 Å². The van der Waals surface area contributed by atoms with E-state index in [2.05, 4.69) is 18.8 Å². The summed E-state index contributed by atoms with van der Waals surface area (Å²) in [6.45, 7) is 10.3. The van der Waals surface area contributed by atoms with Gasteiger partial charge in [0.25, 0.3) is 5.91 Å². The minimum absolute atomic E-state index is 0.0313. The maximum atomic E-state index is 13.9. The second-order valence-corrected chi connectivity index (χ2v) is 10.9. The molecular weight excluding hydrogens is 516 g/mol. The first-order chi connectivity index (χ1) is 18.7. The predicted octanol–water partition coefficient (Wildman–Crippen LogP) is 6.33. The number of hydrogen-bond acceptors (Lipinski definition) is 8. The third-order valence-electron chi connectivity index (χ3n) is 6.62. The molecule has 3 heterocycles. The molecular formula is C30H30N2O6S. The van der Waals surface area contributed by atoms with Gasteiger partial charge in [0.1, 0.15) is 5.58 Å². The van der Waals surface area contributed by atoms with Crippen LogP contribution in [0.1, 0.15) is 77.2 Å². The molecule has 0 saturated heterocycles. The maximum Gasteiger partial charge on any atom is 0.297 e. The summed E-state index contributed by atoms with van der Waals surface area (Å²) < 4.78 is 18.0. The van der Waals surface area contributed by atoms with E-state index in [4.69, 9.17) is 13.9 Å². The second kappa shape index (κ2) is 10.6. The molecule has 39 heavy (non-hydrogen) atoms. The zero-order valence-electron chi connectivity index (χ0n) is 22.6. The summed E-state index contributed by atoms with van der Waals surface area (Å²) in [6.07, 6.45) is 0.890. The van der Waals surface area contributed by atoms with Crippen molar-refractivity contribution in [3.8, 4) is 11.5 Å². The number of aromatic nitrogens is 1. The highest BCUT2D eigenvalue weighted by Gasteiger charge is 2.45. The molecule has 1 aliphatic heterocycles. The van der Waals surface area contributed by atoms with Crippen molar-refractivity contribution in [2.24, 2.45) is 5.92 Å². The van der Waals surface area contributed by atoms with Crippen LogP contribution in [0.2, 0.25) is 0 Å². The van der Waals surface area contributed by atoms with Gasteiger partial charge in [0.2, 0.25) is 5.76 Å². The molecule has 0 spiro atoms. The van der Waals surface area contributed by atoms with Crippen LogP contribution in [0.3, 0.4) is 0 Å². The molecule has 1 amide bonds. The number of thiazole rings is 1. The van der Waals surface area contributed by atoms with E-state index in [1.807, 2.05) is 13.0 Å². The van der Waals surface area contributed by atoms with Gasteiger partial charge in [-0.05, 0) is 56.0 Å². The van der Waals surface area contributed by atoms with Crippen LogP contribution in [0.4, 0.5) is 5.13 Å². The molecule has 202 valence electrons. The van der Waals surface area contributed by atoms with Crippen LogP contribution in [0, 0.1) is 12.8 Å². The normalized spacial score (nSPS) is 14.8. The highest BCUT2D eigenvalue weighted by atomic mass is 32.1. The average molecular weight is 547 g/mol. The number of aryl methyl sites for hydroxylation is 1. The maximum absolute atomic E-state index is 13.9. The fourth-order valence-electron chi connectivity index (χ4n) is 4.73. The molecule has 1 atom stereocenters. The van der Waals surface area contributed by atoms with E-state index in [0.29, 0.717) is 62.9 Å². The van der Waals surface area contributed by atoms with Gasteiger partial charge in [-0.25, -0.2) is 4.98 Å². The van der Waals surface area contributed by atoms with Crippen molar-refractivity contribution < 1.29 is 23.5 Å². The molecule has 8 nitrogen and oxygen atoms in total. The van der Waals surface area contributed by atoms with Gasteiger partial charge in [0.05, 0.1) is 40.8 Å². The molecule has 0 fully saturated rings. The number of hydrogen-bond donors (Lipinski definition) is 0. The van der Waals surface area contributed by atoms with Crippen LogP contribution in [-0.2, 0) is 0 Å². The smallest absolute Gasteiger partial charge is 0.297 e. The van der Waals surface area contributed by atoms with Gasteiger partial charge in [0, 0.05) is 6.92 Å². The van der Waals surface area contributed by atoms with Crippen LogP contribution in [0.15, 0.2) is 51.7 Å². The molecule has 2 aromatic carbocycles. The lowest BCUT2D eigenvalue weighted by Crippen LogP contribution is -2.29. The Morgan fingerprint density at radius 2 is 1.90 bits per heavy atom. The molecule has 9 heteroatoms. The second-order valence-electron chi connectivity index (χ2n) is 9.89. The molecule has 1 aliphatic rings. The van der Waals surface area contributed by atoms with Crippen molar-refractivity contribution in [3.63, 3.8) is 0 Å². The quantitative estimate of drug-likeness (QED) is 0.226. The summed E-state index contributed by atoms with van der Waals surface area (Å²) in [7, 11) is 0. The Balaban J connectivity index is 1.69. The highest BCUT2D eigenvalue weighted by Crippen LogP contribution is 2.44. The van der Waals surface area contributed by atoms with Crippen molar-refractivity contribution in [1.82, 2.24) is 4.98 Å². The number of rotatable bonds is 9. The fourth-order valence-corrected chi connectivity index (χ4v) is 5.72. The summed E-state index contributed by atoms with van der Waals surface area (Å²) in [4.78, 5) is 46.4. The Morgan fingerprint density at radius 3 is 2.59 bits per heavy atom. The summed E-state index contributed by atoms with van der Waals surface area (Å²) in [6, 6.07) is 11.5. The number of fused-ring (bicyclic) bond motifs is 2. The van der Waals surface area contributed by atoms with Gasteiger partial charge in [0.15, 0.2) is 27.8 Å². The predicted molar refractivity (Wildman–Crippen MR) is 151 cm³/mol. The Kier molecular flexibility index (Phi) is 7.27. The Hall–Kier alpha value is -3.98. The highest BCUT2D eigenvalue weighted by molar-refractivity contribution is 7.17. The van der Waals surface area contributed by atoms with E-state index in [1.54, 1.807) is 43.3 Å². The van der Waals surface area contributed by atoms with Crippen LogP contribution in [-0.4, -0.2) is 29.9 Å². The van der Waals surface area contributed by atoms with Crippen molar-refractivity contribution in [1.29, 1.82) is 0 Å². The van der Waals surface area contributed by atoms with Gasteiger partial charge in [-0.2, -0.15) is 0 Å². The van der Waals surface area contributed by atoms with Crippen molar-refractivity contribution >= 4 is 39.1 Å². The average Bonchev–Trinajstić information content (AvgIpc) is 3.42. The molecule has 0 bridgehead atoms. The van der Waals surface area contributed by atoms with Crippen molar-refractivity contribution in [3.05, 3.63) is 80.1 Å². The van der Waals surface area contributed by atoms with Gasteiger partial charge in [-0.1, -0.05) is 43.4 Å². The molecule has 0 radical (unpaired) electrons. The number of ether oxygens (including phenoxy) is 2. The van der Waals surface area contributed by atoms with E-state index in [-0.39, 0.29) is 22.5 Å². The topological polar surface area (TPSA) is 98.9 Å². The Bertz CT molecular complexity index is 1640. The number of Topliss-reactive ketones (excluding diaryl/α,β-unsaturated/α-hetero) is 1. The summed E-state index contributed by atoms with van der Waals surface area (Å²) in [5.41, 5.74) is 1.44. The van der Waals surface area contributed by atoms with Crippen LogP contribution in [0.5, 0.6) is 11.5 Å². The number of para-hydroxylation sites is 1. The number of nitrogens with zero attached hydrogens (tertiary/aromatic N) is 2. The third kappa shape index (κ3) is 4.83. The number of benzene rings is 2. The van der Waals surface area contributed by atoms with Crippen LogP contribution >= 0.6 is 11.3 Å². The van der Waals surface area contributed by atoms with Crippen LogP contribution in [0.25, 0.3) is 11.0 Å². The van der Waals surface area contributed by atoms with Crippen LogP contribution < -0.4 is 19.8 Å². The largest absolute Gasteiger partial charge is 0.490 e. The van der Waals surface area contributed by atoms with E-state index >= 15 is 0 Å². The van der Waals surface area contributed by atoms with E-state index < -0.39 is 11.9 Å². The molecule has 5 rings (SSSR count). The zero-order chi connectivity index (χ0) is 27.8. The van der Waals surface area contributed by atoms with E-state index in [0.717, 1.165) is 17.8 Å².